The number of anilines is 1. The maximum atomic E-state index is 13.2. The zero-order chi connectivity index (χ0) is 24.1. The molecule has 0 saturated carbocycles. The van der Waals surface area contributed by atoms with E-state index in [2.05, 4.69) is 38.8 Å². The molecule has 0 aliphatic heterocycles. The average Bonchev–Trinajstić information content (AvgIpc) is 3.48. The van der Waals surface area contributed by atoms with Crippen LogP contribution < -0.4 is 10.6 Å². The number of hydrogen-bond donors (Lipinski definition) is 2. The molecule has 0 aliphatic rings. The van der Waals surface area contributed by atoms with E-state index in [-0.39, 0.29) is 11.8 Å². The number of aromatic nitrogens is 5. The summed E-state index contributed by atoms with van der Waals surface area (Å²) in [4.78, 5) is 17.6. The molecule has 0 unspecified atom stereocenters. The lowest BCUT2D eigenvalue weighted by Crippen LogP contribution is -2.35. The first-order chi connectivity index (χ1) is 16.4. The van der Waals surface area contributed by atoms with E-state index in [1.165, 1.54) is 0 Å². The molecule has 4 rings (SSSR count). The number of hydrogen-bond acceptors (Lipinski definition) is 6. The lowest BCUT2D eigenvalue weighted by molar-refractivity contribution is -0.118. The lowest BCUT2D eigenvalue weighted by atomic mass is 9.99. The Balaban J connectivity index is 1.45. The normalized spacial score (nSPS) is 12.6. The number of pyridine rings is 1. The summed E-state index contributed by atoms with van der Waals surface area (Å²) in [5.41, 5.74) is 4.35. The highest BCUT2D eigenvalue weighted by Gasteiger charge is 2.23. The van der Waals surface area contributed by atoms with Crippen molar-refractivity contribution in [1.29, 1.82) is 5.26 Å². The molecule has 9 heteroatoms. The fourth-order valence-electron chi connectivity index (χ4n) is 3.66. The Bertz CT molecular complexity index is 1300. The van der Waals surface area contributed by atoms with E-state index in [0.29, 0.717) is 17.9 Å². The van der Waals surface area contributed by atoms with Gasteiger partial charge >= 0.3 is 0 Å². The molecule has 1 aromatic carbocycles. The Kier molecular flexibility index (Phi) is 6.80. The molecule has 0 radical (unpaired) electrons. The minimum absolute atomic E-state index is 0.136. The molecule has 0 spiro atoms. The van der Waals surface area contributed by atoms with Gasteiger partial charge in [-0.25, -0.2) is 4.98 Å². The number of amides is 1. The SMILES string of the molecule is C[C@@H](CN[C@H](C(=O)Nc1ccc(-c2cnn(C)c2)cn1)c1cnn(C)c1)c1ccc(C#N)cc1. The van der Waals surface area contributed by atoms with Crippen LogP contribution in [0.25, 0.3) is 11.1 Å². The van der Waals surface area contributed by atoms with Crippen molar-refractivity contribution < 1.29 is 4.79 Å². The molecule has 2 N–H and O–H groups in total. The predicted octanol–water partition coefficient (Wildman–Crippen LogP) is 3.16. The van der Waals surface area contributed by atoms with Gasteiger partial charge in [-0.3, -0.25) is 14.2 Å². The third kappa shape index (κ3) is 5.36. The van der Waals surface area contributed by atoms with E-state index in [1.54, 1.807) is 46.2 Å². The Labute approximate surface area is 198 Å². The van der Waals surface area contributed by atoms with Gasteiger partial charge in [0.1, 0.15) is 11.9 Å². The lowest BCUT2D eigenvalue weighted by Gasteiger charge is -2.20. The predicted molar refractivity (Wildman–Crippen MR) is 129 cm³/mol. The van der Waals surface area contributed by atoms with Gasteiger partial charge in [-0.15, -0.1) is 0 Å². The summed E-state index contributed by atoms with van der Waals surface area (Å²) in [7, 11) is 3.68. The number of nitrogens with one attached hydrogen (secondary N) is 2. The summed E-state index contributed by atoms with van der Waals surface area (Å²) in [5.74, 6) is 0.381. The molecule has 1 amide bonds. The number of rotatable bonds is 8. The number of carbonyl (C=O) groups excluding carboxylic acids is 1. The first-order valence-electron chi connectivity index (χ1n) is 10.9. The standard InChI is InChI=1S/C25H26N8O/c1-17(19-6-4-18(10-26)5-7-19)11-28-24(22-14-30-33(3)16-22)25(34)31-23-9-8-20(12-27-23)21-13-29-32(2)15-21/h4-9,12-17,24,28H,11H2,1-3H3,(H,27,31,34)/t17-,24-/m0/s1. The molecular formula is C25H26N8O. The van der Waals surface area contributed by atoms with Crippen LogP contribution in [0.3, 0.4) is 0 Å². The third-order valence-electron chi connectivity index (χ3n) is 5.61. The van der Waals surface area contributed by atoms with Crippen LogP contribution in [0.4, 0.5) is 5.82 Å². The molecule has 2 atom stereocenters. The highest BCUT2D eigenvalue weighted by Crippen LogP contribution is 2.21. The zero-order valence-corrected chi connectivity index (χ0v) is 19.3. The average molecular weight is 455 g/mol. The second-order valence-electron chi connectivity index (χ2n) is 8.25. The van der Waals surface area contributed by atoms with Crippen molar-refractivity contribution in [2.45, 2.75) is 18.9 Å². The third-order valence-corrected chi connectivity index (χ3v) is 5.61. The van der Waals surface area contributed by atoms with Crippen LogP contribution in [-0.4, -0.2) is 37.0 Å². The van der Waals surface area contributed by atoms with Gasteiger partial charge in [0.05, 0.1) is 24.0 Å². The molecule has 0 saturated heterocycles. The van der Waals surface area contributed by atoms with Gasteiger partial charge in [0.2, 0.25) is 5.91 Å². The minimum Gasteiger partial charge on any atom is -0.309 e. The summed E-state index contributed by atoms with van der Waals surface area (Å²) >= 11 is 0. The van der Waals surface area contributed by atoms with Gasteiger partial charge in [0.15, 0.2) is 0 Å². The number of nitriles is 1. The van der Waals surface area contributed by atoms with Crippen molar-refractivity contribution in [2.24, 2.45) is 14.1 Å². The number of aryl methyl sites for hydroxylation is 2. The smallest absolute Gasteiger partial charge is 0.247 e. The zero-order valence-electron chi connectivity index (χ0n) is 19.3. The second kappa shape index (κ2) is 10.1. The highest BCUT2D eigenvalue weighted by atomic mass is 16.2. The van der Waals surface area contributed by atoms with Crippen molar-refractivity contribution in [3.63, 3.8) is 0 Å². The van der Waals surface area contributed by atoms with E-state index < -0.39 is 6.04 Å². The van der Waals surface area contributed by atoms with Gasteiger partial charge < -0.3 is 10.6 Å². The van der Waals surface area contributed by atoms with Crippen LogP contribution in [0.5, 0.6) is 0 Å². The molecular weight excluding hydrogens is 428 g/mol. The molecule has 34 heavy (non-hydrogen) atoms. The van der Waals surface area contributed by atoms with Crippen molar-refractivity contribution >= 4 is 11.7 Å². The van der Waals surface area contributed by atoms with E-state index in [9.17, 15) is 4.79 Å². The number of nitrogens with zero attached hydrogens (tertiary/aromatic N) is 6. The van der Waals surface area contributed by atoms with Crippen molar-refractivity contribution in [2.75, 3.05) is 11.9 Å². The first-order valence-corrected chi connectivity index (χ1v) is 10.9. The Morgan fingerprint density at radius 2 is 1.71 bits per heavy atom. The fourth-order valence-corrected chi connectivity index (χ4v) is 3.66. The van der Waals surface area contributed by atoms with E-state index in [4.69, 9.17) is 5.26 Å². The number of carbonyl (C=O) groups is 1. The molecule has 3 aromatic heterocycles. The van der Waals surface area contributed by atoms with Gasteiger partial charge in [-0.05, 0) is 35.7 Å². The monoisotopic (exact) mass is 454 g/mol. The van der Waals surface area contributed by atoms with E-state index >= 15 is 0 Å². The van der Waals surface area contributed by atoms with Gasteiger partial charge in [0.25, 0.3) is 0 Å². The summed E-state index contributed by atoms with van der Waals surface area (Å²) in [5, 5.41) is 23.7. The minimum atomic E-state index is -0.602. The van der Waals surface area contributed by atoms with Crippen molar-refractivity contribution in [3.05, 3.63) is 84.1 Å². The van der Waals surface area contributed by atoms with E-state index in [0.717, 1.165) is 22.3 Å². The quantitative estimate of drug-likeness (QED) is 0.423. The summed E-state index contributed by atoms with van der Waals surface area (Å²) in [6.45, 7) is 2.64. The first kappa shape index (κ1) is 22.9. The van der Waals surface area contributed by atoms with Crippen LogP contribution in [0.1, 0.15) is 35.6 Å². The fraction of sp³-hybridized carbons (Fsp3) is 0.240. The maximum absolute atomic E-state index is 13.2. The number of benzene rings is 1. The molecule has 4 aromatic rings. The molecule has 0 fully saturated rings. The molecule has 9 nitrogen and oxygen atoms in total. The molecule has 0 aliphatic carbocycles. The Hall–Kier alpha value is -4.29. The molecule has 3 heterocycles. The topological polar surface area (TPSA) is 113 Å². The van der Waals surface area contributed by atoms with Crippen LogP contribution >= 0.6 is 0 Å². The summed E-state index contributed by atoms with van der Waals surface area (Å²) < 4.78 is 3.40. The molecule has 172 valence electrons. The van der Waals surface area contributed by atoms with E-state index in [1.807, 2.05) is 44.7 Å². The second-order valence-corrected chi connectivity index (χ2v) is 8.25. The molecule has 0 bridgehead atoms. The maximum Gasteiger partial charge on any atom is 0.247 e. The van der Waals surface area contributed by atoms with Gasteiger partial charge in [0, 0.05) is 55.9 Å². The van der Waals surface area contributed by atoms with Crippen LogP contribution in [0, 0.1) is 11.3 Å². The van der Waals surface area contributed by atoms with Crippen molar-refractivity contribution in [3.8, 4) is 17.2 Å². The highest BCUT2D eigenvalue weighted by molar-refractivity contribution is 5.94. The van der Waals surface area contributed by atoms with Gasteiger partial charge in [-0.1, -0.05) is 19.1 Å². The Morgan fingerprint density at radius 3 is 2.29 bits per heavy atom. The summed E-state index contributed by atoms with van der Waals surface area (Å²) in [6, 6.07) is 12.7. The van der Waals surface area contributed by atoms with Crippen LogP contribution in [0.15, 0.2) is 67.4 Å². The van der Waals surface area contributed by atoms with Crippen LogP contribution in [0.2, 0.25) is 0 Å². The summed E-state index contributed by atoms with van der Waals surface area (Å²) in [6.07, 6.45) is 8.90. The largest absolute Gasteiger partial charge is 0.309 e. The van der Waals surface area contributed by atoms with Gasteiger partial charge in [-0.2, -0.15) is 15.5 Å². The van der Waals surface area contributed by atoms with Crippen LogP contribution in [-0.2, 0) is 18.9 Å². The Morgan fingerprint density at radius 1 is 0.971 bits per heavy atom. The van der Waals surface area contributed by atoms with Crippen molar-refractivity contribution in [1.82, 2.24) is 29.9 Å².